The van der Waals surface area contributed by atoms with Crippen LogP contribution in [0.4, 0.5) is 4.79 Å². The first-order valence-electron chi connectivity index (χ1n) is 7.67. The van der Waals surface area contributed by atoms with Gasteiger partial charge < -0.3 is 15.4 Å². The van der Waals surface area contributed by atoms with Crippen molar-refractivity contribution in [3.05, 3.63) is 0 Å². The Labute approximate surface area is 116 Å². The van der Waals surface area contributed by atoms with Gasteiger partial charge in [0.25, 0.3) is 0 Å². The van der Waals surface area contributed by atoms with Crippen LogP contribution in [0.5, 0.6) is 0 Å². The summed E-state index contributed by atoms with van der Waals surface area (Å²) in [5.74, 6) is 0.610. The molecule has 0 heterocycles. The standard InChI is InChI=1S/C15H28N2O2/c1-15(2,3)19-14(18)17-13(10-16-12-8-9-12)11-6-4-5-7-11/h11-13,16H,4-10H2,1-3H3,(H,17,18). The normalized spacial score (nSPS) is 22.3. The Morgan fingerprint density at radius 1 is 1.21 bits per heavy atom. The molecule has 2 aliphatic carbocycles. The summed E-state index contributed by atoms with van der Waals surface area (Å²) in [6, 6.07) is 0.905. The molecule has 0 aliphatic heterocycles. The van der Waals surface area contributed by atoms with Crippen molar-refractivity contribution in [1.82, 2.24) is 10.6 Å². The minimum absolute atomic E-state index is 0.220. The fraction of sp³-hybridized carbons (Fsp3) is 0.933. The second-order valence-corrected chi connectivity index (χ2v) is 6.98. The molecule has 2 aliphatic rings. The van der Waals surface area contributed by atoms with Crippen LogP contribution in [0.25, 0.3) is 0 Å². The Morgan fingerprint density at radius 2 is 1.84 bits per heavy atom. The quantitative estimate of drug-likeness (QED) is 0.806. The third-order valence-electron chi connectivity index (χ3n) is 3.87. The van der Waals surface area contributed by atoms with Crippen LogP contribution in [0, 0.1) is 5.92 Å². The van der Waals surface area contributed by atoms with E-state index < -0.39 is 5.60 Å². The zero-order valence-corrected chi connectivity index (χ0v) is 12.5. The number of hydrogen-bond donors (Lipinski definition) is 2. The molecule has 2 N–H and O–H groups in total. The first-order valence-corrected chi connectivity index (χ1v) is 7.67. The summed E-state index contributed by atoms with van der Waals surface area (Å²) in [5, 5.41) is 6.61. The lowest BCUT2D eigenvalue weighted by atomic mass is 9.98. The SMILES string of the molecule is CC(C)(C)OC(=O)NC(CNC1CC1)C1CCCC1. The Kier molecular flexibility index (Phi) is 4.71. The number of hydrogen-bond acceptors (Lipinski definition) is 3. The summed E-state index contributed by atoms with van der Waals surface area (Å²) >= 11 is 0. The highest BCUT2D eigenvalue weighted by molar-refractivity contribution is 5.68. The number of ether oxygens (including phenoxy) is 1. The van der Waals surface area contributed by atoms with Crippen LogP contribution >= 0.6 is 0 Å². The molecule has 110 valence electrons. The number of rotatable bonds is 5. The second kappa shape index (κ2) is 6.12. The first kappa shape index (κ1) is 14.6. The Bertz CT molecular complexity index is 302. The van der Waals surface area contributed by atoms with E-state index in [1.807, 2.05) is 20.8 Å². The molecule has 4 nitrogen and oxygen atoms in total. The maximum atomic E-state index is 11.9. The molecule has 0 aromatic rings. The fourth-order valence-electron chi connectivity index (χ4n) is 2.74. The summed E-state index contributed by atoms with van der Waals surface area (Å²) in [7, 11) is 0. The van der Waals surface area contributed by atoms with Crippen LogP contribution in [0.2, 0.25) is 0 Å². The number of nitrogens with one attached hydrogen (secondary N) is 2. The van der Waals surface area contributed by atoms with Crippen molar-refractivity contribution in [2.75, 3.05) is 6.54 Å². The third-order valence-corrected chi connectivity index (χ3v) is 3.87. The van der Waals surface area contributed by atoms with Crippen LogP contribution in [0.3, 0.4) is 0 Å². The van der Waals surface area contributed by atoms with Crippen molar-refractivity contribution in [2.24, 2.45) is 5.92 Å². The molecule has 2 fully saturated rings. The predicted molar refractivity (Wildman–Crippen MR) is 76.1 cm³/mol. The van der Waals surface area contributed by atoms with E-state index in [1.54, 1.807) is 0 Å². The number of carbonyl (C=O) groups is 1. The van der Waals surface area contributed by atoms with Crippen molar-refractivity contribution in [3.8, 4) is 0 Å². The fourth-order valence-corrected chi connectivity index (χ4v) is 2.74. The molecule has 0 aromatic carbocycles. The summed E-state index contributed by atoms with van der Waals surface area (Å²) in [6.07, 6.45) is 7.33. The minimum Gasteiger partial charge on any atom is -0.444 e. The van der Waals surface area contributed by atoms with Crippen molar-refractivity contribution in [3.63, 3.8) is 0 Å². The zero-order chi connectivity index (χ0) is 13.9. The number of carbonyl (C=O) groups excluding carboxylic acids is 1. The predicted octanol–water partition coefficient (Wildman–Crippen LogP) is 2.82. The van der Waals surface area contributed by atoms with Gasteiger partial charge in [-0.1, -0.05) is 12.8 Å². The molecule has 0 radical (unpaired) electrons. The van der Waals surface area contributed by atoms with Crippen molar-refractivity contribution < 1.29 is 9.53 Å². The third kappa shape index (κ3) is 5.39. The van der Waals surface area contributed by atoms with Crippen molar-refractivity contribution in [2.45, 2.75) is 77.0 Å². The highest BCUT2D eigenvalue weighted by Crippen LogP contribution is 2.28. The van der Waals surface area contributed by atoms with Gasteiger partial charge in [-0.3, -0.25) is 0 Å². The van der Waals surface area contributed by atoms with Gasteiger partial charge in [-0.2, -0.15) is 0 Å². The van der Waals surface area contributed by atoms with Gasteiger partial charge in [0.15, 0.2) is 0 Å². The molecule has 1 unspecified atom stereocenters. The largest absolute Gasteiger partial charge is 0.444 e. The Hall–Kier alpha value is -0.770. The van der Waals surface area contributed by atoms with Crippen LogP contribution in [-0.2, 0) is 4.74 Å². The lowest BCUT2D eigenvalue weighted by molar-refractivity contribution is 0.0485. The summed E-state index contributed by atoms with van der Waals surface area (Å²) in [4.78, 5) is 11.9. The van der Waals surface area contributed by atoms with E-state index in [0.29, 0.717) is 12.0 Å². The van der Waals surface area contributed by atoms with E-state index in [1.165, 1.54) is 38.5 Å². The molecule has 0 bridgehead atoms. The molecule has 2 saturated carbocycles. The highest BCUT2D eigenvalue weighted by atomic mass is 16.6. The first-order chi connectivity index (χ1) is 8.94. The molecule has 4 heteroatoms. The van der Waals surface area contributed by atoms with Crippen LogP contribution in [0.15, 0.2) is 0 Å². The van der Waals surface area contributed by atoms with Gasteiger partial charge in [0.1, 0.15) is 5.60 Å². The molecular formula is C15H28N2O2. The van der Waals surface area contributed by atoms with E-state index in [-0.39, 0.29) is 12.1 Å². The van der Waals surface area contributed by atoms with Crippen LogP contribution in [0.1, 0.15) is 59.3 Å². The summed E-state index contributed by atoms with van der Waals surface area (Å²) in [5.41, 5.74) is -0.422. The number of alkyl carbamates (subject to hydrolysis) is 1. The van der Waals surface area contributed by atoms with E-state index >= 15 is 0 Å². The number of amides is 1. The van der Waals surface area contributed by atoms with Crippen LogP contribution < -0.4 is 10.6 Å². The van der Waals surface area contributed by atoms with Crippen molar-refractivity contribution in [1.29, 1.82) is 0 Å². The highest BCUT2D eigenvalue weighted by Gasteiger charge is 2.30. The molecular weight excluding hydrogens is 240 g/mol. The molecule has 1 amide bonds. The summed E-state index contributed by atoms with van der Waals surface area (Å²) in [6.45, 7) is 6.59. The summed E-state index contributed by atoms with van der Waals surface area (Å²) < 4.78 is 5.37. The average molecular weight is 268 g/mol. The van der Waals surface area contributed by atoms with Gasteiger partial charge in [0, 0.05) is 18.6 Å². The lowest BCUT2D eigenvalue weighted by Gasteiger charge is -2.27. The molecule has 1 atom stereocenters. The van der Waals surface area contributed by atoms with Gasteiger partial charge in [0.05, 0.1) is 0 Å². The average Bonchev–Trinajstić information content (AvgIpc) is 2.94. The molecule has 0 saturated heterocycles. The minimum atomic E-state index is -0.422. The van der Waals surface area contributed by atoms with E-state index in [9.17, 15) is 4.79 Å². The molecule has 2 rings (SSSR count). The van der Waals surface area contributed by atoms with Gasteiger partial charge in [0.2, 0.25) is 0 Å². The Morgan fingerprint density at radius 3 is 2.37 bits per heavy atom. The molecule has 0 aromatic heterocycles. The van der Waals surface area contributed by atoms with E-state index in [4.69, 9.17) is 4.74 Å². The maximum absolute atomic E-state index is 11.9. The molecule has 0 spiro atoms. The van der Waals surface area contributed by atoms with Gasteiger partial charge in [-0.05, 0) is 52.4 Å². The second-order valence-electron chi connectivity index (χ2n) is 6.98. The van der Waals surface area contributed by atoms with Gasteiger partial charge in [-0.25, -0.2) is 4.79 Å². The lowest BCUT2D eigenvalue weighted by Crippen LogP contribution is -2.48. The maximum Gasteiger partial charge on any atom is 0.407 e. The Balaban J connectivity index is 1.82. The monoisotopic (exact) mass is 268 g/mol. The molecule has 19 heavy (non-hydrogen) atoms. The zero-order valence-electron chi connectivity index (χ0n) is 12.5. The smallest absolute Gasteiger partial charge is 0.407 e. The van der Waals surface area contributed by atoms with Crippen molar-refractivity contribution >= 4 is 6.09 Å². The van der Waals surface area contributed by atoms with E-state index in [2.05, 4.69) is 10.6 Å². The topological polar surface area (TPSA) is 50.4 Å². The van der Waals surface area contributed by atoms with Gasteiger partial charge >= 0.3 is 6.09 Å². The van der Waals surface area contributed by atoms with E-state index in [0.717, 1.165) is 6.54 Å². The van der Waals surface area contributed by atoms with Gasteiger partial charge in [-0.15, -0.1) is 0 Å². The van der Waals surface area contributed by atoms with Crippen LogP contribution in [-0.4, -0.2) is 30.3 Å².